The second-order valence-electron chi connectivity index (χ2n) is 12.5. The van der Waals surface area contributed by atoms with Gasteiger partial charge in [0.15, 0.2) is 18.4 Å². The third-order valence-electron chi connectivity index (χ3n) is 9.35. The zero-order valence-electron chi connectivity index (χ0n) is 24.3. The molecule has 0 aliphatic carbocycles. The van der Waals surface area contributed by atoms with Crippen molar-refractivity contribution in [2.75, 3.05) is 47.3 Å². The summed E-state index contributed by atoms with van der Waals surface area (Å²) in [4.78, 5) is 30.7. The molecule has 218 valence electrons. The van der Waals surface area contributed by atoms with E-state index in [-0.39, 0.29) is 41.3 Å². The number of carbonyl (C=O) groups excluding carboxylic acids is 2. The third-order valence-corrected chi connectivity index (χ3v) is 9.35. The molecule has 10 heteroatoms. The molecular formula is C28H53FN7O2+. The second-order valence-corrected chi connectivity index (χ2v) is 12.5. The predicted molar refractivity (Wildman–Crippen MR) is 150 cm³/mol. The fraction of sp³-hybridized carbons (Fsp3) is 0.893. The molecule has 6 N–H and O–H groups in total. The van der Waals surface area contributed by atoms with Crippen LogP contribution in [0.4, 0.5) is 4.39 Å². The number of rotatable bonds is 7. The highest BCUT2D eigenvalue weighted by Crippen LogP contribution is 2.37. The van der Waals surface area contributed by atoms with E-state index in [1.54, 1.807) is 11.1 Å². The van der Waals surface area contributed by atoms with Crippen LogP contribution >= 0.6 is 0 Å². The zero-order valence-corrected chi connectivity index (χ0v) is 24.3. The topological polar surface area (TPSA) is 120 Å². The lowest BCUT2D eigenvalue weighted by Gasteiger charge is -2.44. The van der Waals surface area contributed by atoms with E-state index in [1.165, 1.54) is 0 Å². The number of amides is 2. The maximum atomic E-state index is 14.7. The Morgan fingerprint density at radius 3 is 2.66 bits per heavy atom. The molecule has 0 aromatic carbocycles. The number of hydrogen-bond acceptors (Lipinski definition) is 6. The summed E-state index contributed by atoms with van der Waals surface area (Å²) in [5.74, 6) is -0.698. The summed E-state index contributed by atoms with van der Waals surface area (Å²) in [5.41, 5.74) is 12.6. The fourth-order valence-electron chi connectivity index (χ4n) is 6.80. The van der Waals surface area contributed by atoms with Crippen LogP contribution in [0.3, 0.4) is 0 Å². The van der Waals surface area contributed by atoms with Crippen LogP contribution in [0.15, 0.2) is 0 Å². The first kappa shape index (κ1) is 30.9. The molecule has 0 aromatic rings. The third kappa shape index (κ3) is 7.73. The molecule has 0 bridgehead atoms. The molecule has 0 radical (unpaired) electrons. The van der Waals surface area contributed by atoms with Crippen molar-refractivity contribution in [1.29, 1.82) is 0 Å². The summed E-state index contributed by atoms with van der Waals surface area (Å²) < 4.78 is 16.6. The number of likely N-dealkylation sites (tertiary alicyclic amines) is 1. The maximum Gasteiger partial charge on any atom is 0.233 e. The van der Waals surface area contributed by atoms with Crippen LogP contribution in [0.2, 0.25) is 0 Å². The van der Waals surface area contributed by atoms with Crippen LogP contribution < -0.4 is 22.1 Å². The average Bonchev–Trinajstić information content (AvgIpc) is 2.92. The Labute approximate surface area is 228 Å². The normalized spacial score (nSPS) is 34.4. The van der Waals surface area contributed by atoms with Gasteiger partial charge in [0.05, 0.1) is 18.1 Å². The van der Waals surface area contributed by atoms with Gasteiger partial charge < -0.3 is 27.0 Å². The summed E-state index contributed by atoms with van der Waals surface area (Å²) in [7, 11) is 5.47. The fourth-order valence-corrected chi connectivity index (χ4v) is 6.80. The quantitative estimate of drug-likeness (QED) is 0.283. The highest BCUT2D eigenvalue weighted by atomic mass is 19.1. The SMILES string of the molecule is CCC1(C)CCCC(F)C=[N+](C)C(C(C(=O)NC2CNCCC2N2CCCC(C(=O)N(C)C)C2)C(N)N)C1. The minimum Gasteiger partial charge on any atom is -0.350 e. The highest BCUT2D eigenvalue weighted by Gasteiger charge is 2.45. The lowest BCUT2D eigenvalue weighted by Crippen LogP contribution is -2.64. The molecule has 7 unspecified atom stereocenters. The number of alkyl halides is 1. The highest BCUT2D eigenvalue weighted by molar-refractivity contribution is 5.80. The van der Waals surface area contributed by atoms with Crippen molar-refractivity contribution in [3.63, 3.8) is 0 Å². The Kier molecular flexibility index (Phi) is 11.1. The van der Waals surface area contributed by atoms with Crippen LogP contribution in [0.1, 0.15) is 65.2 Å². The number of nitrogens with zero attached hydrogens (tertiary/aromatic N) is 3. The number of piperidine rings is 2. The van der Waals surface area contributed by atoms with Crippen LogP contribution in [-0.4, -0.2) is 110 Å². The van der Waals surface area contributed by atoms with E-state index in [0.29, 0.717) is 19.5 Å². The molecule has 0 spiro atoms. The first-order valence-corrected chi connectivity index (χ1v) is 14.6. The molecular weight excluding hydrogens is 485 g/mol. The van der Waals surface area contributed by atoms with E-state index in [4.69, 9.17) is 11.5 Å². The van der Waals surface area contributed by atoms with E-state index < -0.39 is 18.3 Å². The molecule has 3 aliphatic heterocycles. The lowest BCUT2D eigenvalue weighted by atomic mass is 9.74. The molecule has 38 heavy (non-hydrogen) atoms. The van der Waals surface area contributed by atoms with Gasteiger partial charge in [0.1, 0.15) is 13.0 Å². The number of carbonyl (C=O) groups is 2. The molecule has 2 amide bonds. The molecule has 2 fully saturated rings. The van der Waals surface area contributed by atoms with Gasteiger partial charge in [-0.15, -0.1) is 0 Å². The summed E-state index contributed by atoms with van der Waals surface area (Å²) in [6.07, 6.45) is 6.31. The number of hydrogen-bond donors (Lipinski definition) is 4. The van der Waals surface area contributed by atoms with Crippen LogP contribution in [-0.2, 0) is 9.59 Å². The largest absolute Gasteiger partial charge is 0.350 e. The van der Waals surface area contributed by atoms with Crippen molar-refractivity contribution in [2.45, 2.75) is 95.7 Å². The van der Waals surface area contributed by atoms with Crippen LogP contribution in [0.25, 0.3) is 0 Å². The molecule has 0 aromatic heterocycles. The van der Waals surface area contributed by atoms with Crippen LogP contribution in [0.5, 0.6) is 0 Å². The van der Waals surface area contributed by atoms with Crippen molar-refractivity contribution >= 4 is 18.0 Å². The van der Waals surface area contributed by atoms with E-state index in [2.05, 4.69) is 29.4 Å². The second kappa shape index (κ2) is 13.6. The van der Waals surface area contributed by atoms with Crippen molar-refractivity contribution in [3.8, 4) is 0 Å². The summed E-state index contributed by atoms with van der Waals surface area (Å²) in [6.45, 7) is 7.53. The van der Waals surface area contributed by atoms with Gasteiger partial charge in [0.25, 0.3) is 0 Å². The maximum absolute atomic E-state index is 14.7. The van der Waals surface area contributed by atoms with Crippen molar-refractivity contribution in [2.24, 2.45) is 28.7 Å². The first-order valence-electron chi connectivity index (χ1n) is 14.6. The smallest absolute Gasteiger partial charge is 0.233 e. The van der Waals surface area contributed by atoms with Gasteiger partial charge in [-0.1, -0.05) is 20.3 Å². The molecule has 3 rings (SSSR count). The Morgan fingerprint density at radius 2 is 2.00 bits per heavy atom. The predicted octanol–water partition coefficient (Wildman–Crippen LogP) is 0.903. The van der Waals surface area contributed by atoms with Gasteiger partial charge in [0.2, 0.25) is 11.8 Å². The number of nitrogens with two attached hydrogens (primary N) is 2. The molecule has 0 saturated carbocycles. The Bertz CT molecular complexity index is 838. The Balaban J connectivity index is 1.81. The van der Waals surface area contributed by atoms with Crippen LogP contribution in [0, 0.1) is 17.3 Å². The summed E-state index contributed by atoms with van der Waals surface area (Å²) in [5, 5.41) is 6.74. The summed E-state index contributed by atoms with van der Waals surface area (Å²) in [6, 6.07) is -0.292. The number of nitrogens with one attached hydrogen (secondary N) is 2. The molecule has 7 atom stereocenters. The number of halogens is 1. The lowest BCUT2D eigenvalue weighted by molar-refractivity contribution is -0.546. The van der Waals surface area contributed by atoms with E-state index in [9.17, 15) is 14.0 Å². The molecule has 2 saturated heterocycles. The van der Waals surface area contributed by atoms with Gasteiger partial charge in [-0.2, -0.15) is 0 Å². The Hall–Kier alpha value is -1.62. The van der Waals surface area contributed by atoms with E-state index >= 15 is 0 Å². The average molecular weight is 539 g/mol. The van der Waals surface area contributed by atoms with Crippen molar-refractivity contribution in [3.05, 3.63) is 0 Å². The standard InChI is InChI=1S/C28H52FN7O2/c1-6-28(2)12-7-10-20(29)18-35(5)23(15-28)24(25(30)31)26(37)33-21-16-32-13-11-22(21)36-14-8-9-19(17-36)27(38)34(3)4/h18-25,32H,6-17,30-31H2,1-5H3/p+1. The minimum absolute atomic E-state index is 0.0152. The van der Waals surface area contributed by atoms with Gasteiger partial charge in [0, 0.05) is 39.6 Å². The summed E-state index contributed by atoms with van der Waals surface area (Å²) >= 11 is 0. The van der Waals surface area contributed by atoms with Gasteiger partial charge >= 0.3 is 0 Å². The first-order chi connectivity index (χ1) is 18.0. The van der Waals surface area contributed by atoms with Crippen molar-refractivity contribution < 1.29 is 18.6 Å². The molecule has 3 aliphatic rings. The van der Waals surface area contributed by atoms with Crippen molar-refractivity contribution in [1.82, 2.24) is 20.4 Å². The minimum atomic E-state index is -1.05. The van der Waals surface area contributed by atoms with Gasteiger partial charge in [-0.05, 0) is 57.0 Å². The molecule has 3 heterocycles. The Morgan fingerprint density at radius 1 is 1.26 bits per heavy atom. The molecule has 9 nitrogen and oxygen atoms in total. The van der Waals surface area contributed by atoms with E-state index in [0.717, 1.165) is 58.0 Å². The van der Waals surface area contributed by atoms with Gasteiger partial charge in [-0.3, -0.25) is 14.5 Å². The van der Waals surface area contributed by atoms with Gasteiger partial charge in [-0.25, -0.2) is 8.97 Å². The zero-order chi connectivity index (χ0) is 28.0. The van der Waals surface area contributed by atoms with E-state index in [1.807, 2.05) is 25.7 Å². The monoisotopic (exact) mass is 538 g/mol.